The second-order valence-corrected chi connectivity index (χ2v) is 10.3. The number of aromatic nitrogens is 1. The van der Waals surface area contributed by atoms with Crippen LogP contribution < -0.4 is 15.6 Å². The van der Waals surface area contributed by atoms with E-state index < -0.39 is 29.2 Å². The lowest BCUT2D eigenvalue weighted by molar-refractivity contribution is 0.0121. The van der Waals surface area contributed by atoms with Gasteiger partial charge in [0.15, 0.2) is 0 Å². The Morgan fingerprint density at radius 1 is 1.11 bits per heavy atom. The highest BCUT2D eigenvalue weighted by Crippen LogP contribution is 2.41. The van der Waals surface area contributed by atoms with Crippen molar-refractivity contribution in [3.05, 3.63) is 79.2 Å². The summed E-state index contributed by atoms with van der Waals surface area (Å²) >= 11 is 13.4. The number of carbonyl (C=O) groups excluding carboxylic acids is 2. The molecule has 0 radical (unpaired) electrons. The van der Waals surface area contributed by atoms with E-state index in [2.05, 4.69) is 15.0 Å². The van der Waals surface area contributed by atoms with E-state index in [9.17, 15) is 23.2 Å². The first-order chi connectivity index (χ1) is 17.9. The molecule has 0 spiro atoms. The van der Waals surface area contributed by atoms with E-state index in [0.717, 1.165) is 23.4 Å². The molecule has 3 aromatic rings. The van der Waals surface area contributed by atoms with Crippen molar-refractivity contribution in [3.63, 3.8) is 0 Å². The van der Waals surface area contributed by atoms with Crippen LogP contribution in [0.25, 0.3) is 0 Å². The lowest BCUT2D eigenvalue weighted by atomic mass is 10.1. The lowest BCUT2D eigenvalue weighted by Crippen LogP contribution is -2.33. The normalized spacial score (nSPS) is 12.8. The minimum Gasteiger partial charge on any atom is -0.495 e. The van der Waals surface area contributed by atoms with E-state index in [-0.39, 0.29) is 33.6 Å². The van der Waals surface area contributed by atoms with E-state index >= 15 is 0 Å². The summed E-state index contributed by atoms with van der Waals surface area (Å²) < 4.78 is 38.3. The number of nitrogens with zero attached hydrogens (tertiary/aromatic N) is 1. The first-order valence-electron chi connectivity index (χ1n) is 11.0. The first kappa shape index (κ1) is 27.7. The number of pyridine rings is 1. The maximum atomic E-state index is 14.2. The van der Waals surface area contributed by atoms with E-state index in [1.807, 2.05) is 0 Å². The smallest absolute Gasteiger partial charge is 0.411 e. The number of methoxy groups -OCH3 is 2. The molecule has 1 aromatic heterocycles. The molecule has 8 nitrogen and oxygen atoms in total. The molecule has 1 aliphatic rings. The predicted octanol–water partition coefficient (Wildman–Crippen LogP) is 6.29. The topological polar surface area (TPSA) is 101 Å². The van der Waals surface area contributed by atoms with Gasteiger partial charge >= 0.3 is 6.09 Å². The summed E-state index contributed by atoms with van der Waals surface area (Å²) in [6, 6.07) is 9.10. The molecule has 13 heteroatoms. The number of halogens is 4. The van der Waals surface area contributed by atoms with Crippen LogP contribution in [0.4, 0.5) is 19.3 Å². The van der Waals surface area contributed by atoms with Gasteiger partial charge in [0.2, 0.25) is 0 Å². The van der Waals surface area contributed by atoms with Gasteiger partial charge in [-0.25, -0.2) is 13.6 Å². The molecule has 0 atom stereocenters. The fraction of sp³-hybridized carbons (Fsp3) is 0.240. The number of amides is 2. The molecule has 38 heavy (non-hydrogen) atoms. The van der Waals surface area contributed by atoms with Crippen LogP contribution in [0.1, 0.15) is 34.1 Å². The second kappa shape index (κ2) is 10.8. The minimum atomic E-state index is -3.37. The zero-order valence-corrected chi connectivity index (χ0v) is 22.6. The van der Waals surface area contributed by atoms with Gasteiger partial charge < -0.3 is 19.4 Å². The third-order valence-corrected chi connectivity index (χ3v) is 7.81. The summed E-state index contributed by atoms with van der Waals surface area (Å²) in [4.78, 5) is 42.2. The molecule has 2 amide bonds. The highest BCUT2D eigenvalue weighted by Gasteiger charge is 2.33. The molecule has 0 bridgehead atoms. The second-order valence-electron chi connectivity index (χ2n) is 8.39. The van der Waals surface area contributed by atoms with Crippen molar-refractivity contribution in [2.45, 2.75) is 35.7 Å². The third kappa shape index (κ3) is 5.59. The summed E-state index contributed by atoms with van der Waals surface area (Å²) in [5.41, 5.74) is -0.195. The molecule has 0 fully saturated rings. The molecule has 0 aliphatic carbocycles. The number of fused-ring (bicyclic) bond motifs is 1. The number of rotatable bonds is 6. The van der Waals surface area contributed by atoms with Gasteiger partial charge in [0.1, 0.15) is 11.3 Å². The number of anilines is 1. The number of alkyl halides is 2. The van der Waals surface area contributed by atoms with Crippen molar-refractivity contribution >= 4 is 52.7 Å². The molecule has 2 heterocycles. The quantitative estimate of drug-likeness (QED) is 0.354. The molecule has 200 valence electrons. The molecular weight excluding hydrogens is 563 g/mol. The summed E-state index contributed by atoms with van der Waals surface area (Å²) in [5, 5.41) is 3.02. The number of benzene rings is 2. The Kier molecular flexibility index (Phi) is 7.91. The van der Waals surface area contributed by atoms with Gasteiger partial charge in [-0.15, -0.1) is 0 Å². The number of carbonyl (C=O) groups is 2. The lowest BCUT2D eigenvalue weighted by Gasteiger charge is -2.19. The van der Waals surface area contributed by atoms with Gasteiger partial charge in [-0.1, -0.05) is 41.0 Å². The average molecular weight is 584 g/mol. The zero-order valence-electron chi connectivity index (χ0n) is 20.3. The minimum absolute atomic E-state index is 0.0214. The number of nitrogens with one attached hydrogen (secondary N) is 2. The number of hydrogen-bond acceptors (Lipinski definition) is 6. The van der Waals surface area contributed by atoms with Gasteiger partial charge in [0, 0.05) is 29.8 Å². The largest absolute Gasteiger partial charge is 0.495 e. The molecule has 0 saturated carbocycles. The van der Waals surface area contributed by atoms with E-state index in [0.29, 0.717) is 28.8 Å². The maximum Gasteiger partial charge on any atom is 0.411 e. The maximum absolute atomic E-state index is 14.2. The van der Waals surface area contributed by atoms with Gasteiger partial charge in [0.25, 0.3) is 17.4 Å². The number of ether oxygens (including phenoxy) is 2. The molecule has 4 rings (SSSR count). The third-order valence-electron chi connectivity index (χ3n) is 5.77. The summed E-state index contributed by atoms with van der Waals surface area (Å²) in [6.45, 7) is 0.850. The Morgan fingerprint density at radius 2 is 1.74 bits per heavy atom. The van der Waals surface area contributed by atoms with Gasteiger partial charge in [-0.2, -0.15) is 0 Å². The molecule has 0 unspecified atom stereocenters. The molecule has 1 aliphatic heterocycles. The van der Waals surface area contributed by atoms with E-state index in [1.165, 1.54) is 19.1 Å². The van der Waals surface area contributed by atoms with Crippen molar-refractivity contribution in [1.82, 2.24) is 9.88 Å². The summed E-state index contributed by atoms with van der Waals surface area (Å²) in [5.74, 6) is -3.70. The number of aromatic amines is 1. The Hall–Kier alpha value is -3.28. The van der Waals surface area contributed by atoms with Gasteiger partial charge in [-0.3, -0.25) is 14.9 Å². The molecule has 2 N–H and O–H groups in total. The highest BCUT2D eigenvalue weighted by atomic mass is 35.5. The fourth-order valence-corrected chi connectivity index (χ4v) is 5.54. The van der Waals surface area contributed by atoms with Crippen LogP contribution in [-0.4, -0.2) is 36.1 Å². The van der Waals surface area contributed by atoms with Crippen molar-refractivity contribution < 1.29 is 27.8 Å². The Bertz CT molecular complexity index is 1470. The van der Waals surface area contributed by atoms with Crippen LogP contribution in [0.5, 0.6) is 5.75 Å². The summed E-state index contributed by atoms with van der Waals surface area (Å²) in [7, 11) is 2.65. The van der Waals surface area contributed by atoms with Crippen molar-refractivity contribution in [2.24, 2.45) is 0 Å². The van der Waals surface area contributed by atoms with Crippen LogP contribution in [-0.2, 0) is 23.7 Å². The van der Waals surface area contributed by atoms with Gasteiger partial charge in [-0.05, 0) is 41.5 Å². The van der Waals surface area contributed by atoms with E-state index in [1.54, 1.807) is 30.3 Å². The SMILES string of the molecule is COC(=O)Nc1cc2c(cc1OC)CN(C(=O)c1c(Sc3c(Cl)cccc3Cl)cc(C(C)(F)F)[nH]c1=O)C2. The monoisotopic (exact) mass is 583 g/mol. The first-order valence-corrected chi connectivity index (χ1v) is 12.6. The average Bonchev–Trinajstić information content (AvgIpc) is 3.27. The van der Waals surface area contributed by atoms with Crippen LogP contribution >= 0.6 is 35.0 Å². The van der Waals surface area contributed by atoms with Crippen LogP contribution in [0.2, 0.25) is 10.0 Å². The summed E-state index contributed by atoms with van der Waals surface area (Å²) in [6.07, 6.45) is -0.701. The Balaban J connectivity index is 1.74. The van der Waals surface area contributed by atoms with Gasteiger partial charge in [0.05, 0.1) is 35.6 Å². The highest BCUT2D eigenvalue weighted by molar-refractivity contribution is 7.99. The van der Waals surface area contributed by atoms with Crippen LogP contribution in [0, 0.1) is 0 Å². The molecule has 0 saturated heterocycles. The standard InChI is InChI=1S/C25H21Cl2F2N3O5S/c1-25(28,29)19-9-18(38-21-14(26)5-4-6-15(21)27)20(22(33)31-19)23(34)32-10-12-7-16(30-24(35)37-3)17(36-2)8-13(12)11-32/h4-9H,10-11H2,1-3H3,(H,30,35)(H,31,33). The predicted molar refractivity (Wildman–Crippen MR) is 140 cm³/mol. The zero-order chi connectivity index (χ0) is 27.8. The molecular formula is C25H21Cl2F2N3O5S. The van der Waals surface area contributed by atoms with Crippen molar-refractivity contribution in [3.8, 4) is 5.75 Å². The Labute approximate surface area is 230 Å². The number of hydrogen-bond donors (Lipinski definition) is 2. The molecule has 2 aromatic carbocycles. The van der Waals surface area contributed by atoms with Crippen molar-refractivity contribution in [1.29, 1.82) is 0 Å². The van der Waals surface area contributed by atoms with Crippen LogP contribution in [0.3, 0.4) is 0 Å². The van der Waals surface area contributed by atoms with Crippen LogP contribution in [0.15, 0.2) is 51.0 Å². The fourth-order valence-electron chi connectivity index (χ4n) is 3.90. The van der Waals surface area contributed by atoms with Crippen molar-refractivity contribution in [2.75, 3.05) is 19.5 Å². The number of H-pyrrole nitrogens is 1. The Morgan fingerprint density at radius 3 is 2.32 bits per heavy atom. The van der Waals surface area contributed by atoms with E-state index in [4.69, 9.17) is 27.9 Å².